The van der Waals surface area contributed by atoms with Gasteiger partial charge in [0, 0.05) is 6.04 Å². The van der Waals surface area contributed by atoms with Gasteiger partial charge in [-0.2, -0.15) is 0 Å². The minimum absolute atomic E-state index is 0.213. The zero-order valence-electron chi connectivity index (χ0n) is 12.5. The van der Waals surface area contributed by atoms with Gasteiger partial charge in [0.05, 0.1) is 7.11 Å². The average Bonchev–Trinajstić information content (AvgIpc) is 2.39. The number of hydrogen-bond acceptors (Lipinski definition) is 2. The van der Waals surface area contributed by atoms with Crippen molar-refractivity contribution in [1.82, 2.24) is 5.32 Å². The van der Waals surface area contributed by atoms with Crippen LogP contribution in [0, 0.1) is 11.7 Å². The fourth-order valence-corrected chi connectivity index (χ4v) is 2.35. The highest BCUT2D eigenvalue weighted by Crippen LogP contribution is 2.22. The molecule has 0 aliphatic carbocycles. The highest BCUT2D eigenvalue weighted by atomic mass is 19.1. The second-order valence-corrected chi connectivity index (χ2v) is 5.23. The largest absolute Gasteiger partial charge is 0.494 e. The normalized spacial score (nSPS) is 12.7. The molecule has 0 heterocycles. The van der Waals surface area contributed by atoms with E-state index in [0.29, 0.717) is 17.7 Å². The summed E-state index contributed by atoms with van der Waals surface area (Å²) in [5.74, 6) is 0.731. The Kier molecular flexibility index (Phi) is 6.85. The van der Waals surface area contributed by atoms with Crippen LogP contribution in [0.5, 0.6) is 5.75 Å². The van der Waals surface area contributed by atoms with Crippen LogP contribution in [0.15, 0.2) is 18.2 Å². The first-order chi connectivity index (χ1) is 9.10. The van der Waals surface area contributed by atoms with Crippen LogP contribution in [-0.2, 0) is 6.42 Å². The van der Waals surface area contributed by atoms with Gasteiger partial charge in [0.2, 0.25) is 0 Å². The number of methoxy groups -OCH3 is 1. The molecule has 1 N–H and O–H groups in total. The van der Waals surface area contributed by atoms with Gasteiger partial charge >= 0.3 is 0 Å². The first-order valence-electron chi connectivity index (χ1n) is 7.14. The molecule has 0 saturated heterocycles. The Hall–Kier alpha value is -1.09. The van der Waals surface area contributed by atoms with Crippen molar-refractivity contribution in [2.45, 2.75) is 46.1 Å². The van der Waals surface area contributed by atoms with Gasteiger partial charge in [-0.3, -0.25) is 0 Å². The summed E-state index contributed by atoms with van der Waals surface area (Å²) in [7, 11) is 1.50. The smallest absolute Gasteiger partial charge is 0.168 e. The van der Waals surface area contributed by atoms with Gasteiger partial charge in [-0.15, -0.1) is 0 Å². The van der Waals surface area contributed by atoms with Crippen LogP contribution in [0.2, 0.25) is 0 Å². The molecule has 108 valence electrons. The zero-order chi connectivity index (χ0) is 14.3. The molecule has 1 rings (SSSR count). The molecule has 1 unspecified atom stereocenters. The molecule has 19 heavy (non-hydrogen) atoms. The summed E-state index contributed by atoms with van der Waals surface area (Å²) in [4.78, 5) is 0. The van der Waals surface area contributed by atoms with Crippen molar-refractivity contribution < 1.29 is 9.13 Å². The van der Waals surface area contributed by atoms with Crippen molar-refractivity contribution in [2.24, 2.45) is 5.92 Å². The number of aryl methyl sites for hydroxylation is 1. The van der Waals surface area contributed by atoms with Crippen LogP contribution >= 0.6 is 0 Å². The highest BCUT2D eigenvalue weighted by Gasteiger charge is 2.13. The van der Waals surface area contributed by atoms with Crippen molar-refractivity contribution in [1.29, 1.82) is 0 Å². The van der Waals surface area contributed by atoms with Crippen LogP contribution in [-0.4, -0.2) is 19.7 Å². The molecule has 3 heteroatoms. The van der Waals surface area contributed by atoms with Crippen LogP contribution in [0.3, 0.4) is 0 Å². The molecule has 1 aromatic carbocycles. The summed E-state index contributed by atoms with van der Waals surface area (Å²) in [6.07, 6.45) is 2.82. The van der Waals surface area contributed by atoms with Crippen LogP contribution in [0.25, 0.3) is 0 Å². The second kappa shape index (κ2) is 8.16. The molecule has 2 nitrogen and oxygen atoms in total. The fourth-order valence-electron chi connectivity index (χ4n) is 2.35. The quantitative estimate of drug-likeness (QED) is 0.773. The van der Waals surface area contributed by atoms with Crippen molar-refractivity contribution in [3.05, 3.63) is 29.6 Å². The maximum atomic E-state index is 14.0. The maximum absolute atomic E-state index is 14.0. The second-order valence-electron chi connectivity index (χ2n) is 5.23. The lowest BCUT2D eigenvalue weighted by molar-refractivity contribution is 0.372. The Morgan fingerprint density at radius 2 is 2.05 bits per heavy atom. The number of benzene rings is 1. The third-order valence-electron chi connectivity index (χ3n) is 3.50. The molecule has 0 bridgehead atoms. The van der Waals surface area contributed by atoms with E-state index < -0.39 is 0 Å². The van der Waals surface area contributed by atoms with Crippen molar-refractivity contribution in [3.8, 4) is 5.75 Å². The topological polar surface area (TPSA) is 21.3 Å². The lowest BCUT2D eigenvalue weighted by Crippen LogP contribution is -2.33. The number of hydrogen-bond donors (Lipinski definition) is 1. The van der Waals surface area contributed by atoms with Crippen LogP contribution < -0.4 is 10.1 Å². The van der Waals surface area contributed by atoms with Crippen molar-refractivity contribution in [3.63, 3.8) is 0 Å². The molecule has 0 aromatic heterocycles. The van der Waals surface area contributed by atoms with Crippen molar-refractivity contribution >= 4 is 0 Å². The molecule has 0 aliphatic rings. The molecule has 0 saturated carbocycles. The van der Waals surface area contributed by atoms with E-state index in [1.54, 1.807) is 6.07 Å². The van der Waals surface area contributed by atoms with Gasteiger partial charge in [-0.25, -0.2) is 4.39 Å². The Balaban J connectivity index is 2.52. The fraction of sp³-hybridized carbons (Fsp3) is 0.625. The zero-order valence-corrected chi connectivity index (χ0v) is 12.5. The standard InChI is InChI=1S/C16H26FNO/c1-5-18-14(12(2)3)10-6-8-13-9-7-11-15(19-4)16(13)17/h7,9,11-12,14,18H,5-6,8,10H2,1-4H3. The van der Waals surface area contributed by atoms with E-state index in [2.05, 4.69) is 26.1 Å². The molecule has 0 aliphatic heterocycles. The Morgan fingerprint density at radius 1 is 1.32 bits per heavy atom. The van der Waals surface area contributed by atoms with Crippen molar-refractivity contribution in [2.75, 3.05) is 13.7 Å². The van der Waals surface area contributed by atoms with Gasteiger partial charge in [0.15, 0.2) is 11.6 Å². The first kappa shape index (κ1) is 16.0. The minimum atomic E-state index is -0.213. The molecular weight excluding hydrogens is 241 g/mol. The predicted molar refractivity (Wildman–Crippen MR) is 78.2 cm³/mol. The number of ether oxygens (including phenoxy) is 1. The maximum Gasteiger partial charge on any atom is 0.168 e. The van der Waals surface area contributed by atoms with E-state index in [9.17, 15) is 4.39 Å². The van der Waals surface area contributed by atoms with Gasteiger partial charge < -0.3 is 10.1 Å². The number of nitrogens with one attached hydrogen (secondary N) is 1. The van der Waals surface area contributed by atoms with E-state index in [-0.39, 0.29) is 5.82 Å². The first-order valence-corrected chi connectivity index (χ1v) is 7.14. The summed E-state index contributed by atoms with van der Waals surface area (Å²) in [5, 5.41) is 3.49. The predicted octanol–water partition coefficient (Wildman–Crippen LogP) is 3.79. The molecule has 1 aromatic rings. The summed E-state index contributed by atoms with van der Waals surface area (Å²) < 4.78 is 19.0. The van der Waals surface area contributed by atoms with Crippen LogP contribution in [0.1, 0.15) is 39.2 Å². The number of halogens is 1. The molecular formula is C16H26FNO. The number of rotatable bonds is 8. The average molecular weight is 267 g/mol. The Bertz CT molecular complexity index is 379. The van der Waals surface area contributed by atoms with E-state index in [1.165, 1.54) is 7.11 Å². The summed E-state index contributed by atoms with van der Waals surface area (Å²) in [5.41, 5.74) is 0.748. The van der Waals surface area contributed by atoms with Crippen LogP contribution in [0.4, 0.5) is 4.39 Å². The Labute approximate surface area is 116 Å². The lowest BCUT2D eigenvalue weighted by atomic mass is 9.96. The summed E-state index contributed by atoms with van der Waals surface area (Å²) in [6.45, 7) is 7.55. The minimum Gasteiger partial charge on any atom is -0.494 e. The molecule has 1 atom stereocenters. The van der Waals surface area contributed by atoms with E-state index in [0.717, 1.165) is 31.4 Å². The third kappa shape index (κ3) is 4.83. The van der Waals surface area contributed by atoms with Gasteiger partial charge in [-0.05, 0) is 43.4 Å². The van der Waals surface area contributed by atoms with Gasteiger partial charge in [0.1, 0.15) is 0 Å². The van der Waals surface area contributed by atoms with E-state index in [4.69, 9.17) is 4.74 Å². The highest BCUT2D eigenvalue weighted by molar-refractivity contribution is 5.31. The Morgan fingerprint density at radius 3 is 2.63 bits per heavy atom. The summed E-state index contributed by atoms with van der Waals surface area (Å²) >= 11 is 0. The summed E-state index contributed by atoms with van der Waals surface area (Å²) in [6, 6.07) is 5.87. The van der Waals surface area contributed by atoms with E-state index >= 15 is 0 Å². The monoisotopic (exact) mass is 267 g/mol. The van der Waals surface area contributed by atoms with Gasteiger partial charge in [-0.1, -0.05) is 32.9 Å². The van der Waals surface area contributed by atoms with Gasteiger partial charge in [0.25, 0.3) is 0 Å². The SMILES string of the molecule is CCNC(CCCc1cccc(OC)c1F)C(C)C. The molecule has 0 fully saturated rings. The van der Waals surface area contributed by atoms with E-state index in [1.807, 2.05) is 12.1 Å². The molecule has 0 amide bonds. The lowest BCUT2D eigenvalue weighted by Gasteiger charge is -2.21. The third-order valence-corrected chi connectivity index (χ3v) is 3.50. The molecule has 0 radical (unpaired) electrons. The molecule has 0 spiro atoms.